The fourth-order valence-corrected chi connectivity index (χ4v) is 2.89. The zero-order valence-corrected chi connectivity index (χ0v) is 14.9. The lowest BCUT2D eigenvalue weighted by Crippen LogP contribution is -2.14. The number of nitrogens with one attached hydrogen (secondary N) is 1. The third-order valence-corrected chi connectivity index (χ3v) is 4.38. The predicted octanol–water partition coefficient (Wildman–Crippen LogP) is 5.10. The second-order valence-corrected chi connectivity index (χ2v) is 6.29. The minimum atomic E-state index is -0.519. The van der Waals surface area contributed by atoms with Crippen LogP contribution in [-0.4, -0.2) is 11.1 Å². The Kier molecular flexibility index (Phi) is 5.82. The third kappa shape index (κ3) is 4.58. The molecule has 0 saturated heterocycles. The van der Waals surface area contributed by atoms with Crippen LogP contribution in [0.25, 0.3) is 0 Å². The summed E-state index contributed by atoms with van der Waals surface area (Å²) in [5.41, 5.74) is 3.91. The van der Waals surface area contributed by atoms with E-state index in [1.165, 1.54) is 5.56 Å². The van der Waals surface area contributed by atoms with Crippen LogP contribution in [0.15, 0.2) is 78.9 Å². The van der Waals surface area contributed by atoms with Crippen molar-refractivity contribution in [3.05, 3.63) is 101 Å². The number of anilines is 1. The number of halogens is 1. The van der Waals surface area contributed by atoms with Crippen LogP contribution in [-0.2, 0) is 12.8 Å². The maximum Gasteiger partial charge on any atom is 0.255 e. The molecule has 0 atom stereocenters. The smallest absolute Gasteiger partial charge is 0.255 e. The van der Waals surface area contributed by atoms with Crippen molar-refractivity contribution in [3.63, 3.8) is 0 Å². The quantitative estimate of drug-likeness (QED) is 0.619. The number of amides is 1. The van der Waals surface area contributed by atoms with Gasteiger partial charge in [-0.3, -0.25) is 9.59 Å². The molecule has 1 N–H and O–H groups in total. The highest BCUT2D eigenvalue weighted by Crippen LogP contribution is 2.16. The van der Waals surface area contributed by atoms with E-state index in [4.69, 9.17) is 11.6 Å². The van der Waals surface area contributed by atoms with E-state index in [0.717, 1.165) is 18.4 Å². The average molecular weight is 364 g/mol. The van der Waals surface area contributed by atoms with Crippen molar-refractivity contribution in [3.8, 4) is 0 Å². The third-order valence-electron chi connectivity index (χ3n) is 4.16. The molecule has 3 rings (SSSR count). The lowest BCUT2D eigenvalue weighted by atomic mass is 9.99. The molecular weight excluding hydrogens is 346 g/mol. The molecule has 3 aromatic rings. The summed E-state index contributed by atoms with van der Waals surface area (Å²) in [4.78, 5) is 23.8. The van der Waals surface area contributed by atoms with E-state index in [-0.39, 0.29) is 5.91 Å². The van der Waals surface area contributed by atoms with E-state index in [1.54, 1.807) is 24.3 Å². The molecule has 130 valence electrons. The first-order valence-corrected chi connectivity index (χ1v) is 8.74. The Morgan fingerprint density at radius 2 is 1.42 bits per heavy atom. The second-order valence-electron chi connectivity index (χ2n) is 5.95. The molecule has 0 radical (unpaired) electrons. The van der Waals surface area contributed by atoms with Crippen LogP contribution in [0.3, 0.4) is 0 Å². The van der Waals surface area contributed by atoms with Crippen LogP contribution < -0.4 is 5.32 Å². The van der Waals surface area contributed by atoms with Crippen molar-refractivity contribution < 1.29 is 9.59 Å². The Bertz CT molecular complexity index is 905. The number of hydrogen-bond acceptors (Lipinski definition) is 2. The first-order chi connectivity index (χ1) is 12.6. The van der Waals surface area contributed by atoms with Crippen LogP contribution in [0.5, 0.6) is 0 Å². The van der Waals surface area contributed by atoms with Crippen LogP contribution >= 0.6 is 11.6 Å². The summed E-state index contributed by atoms with van der Waals surface area (Å²) in [6.45, 7) is 0. The molecule has 3 aromatic carbocycles. The first kappa shape index (κ1) is 17.9. The highest BCUT2D eigenvalue weighted by Gasteiger charge is 2.11. The maximum absolute atomic E-state index is 12.7. The van der Waals surface area contributed by atoms with Crippen molar-refractivity contribution in [1.82, 2.24) is 0 Å². The van der Waals surface area contributed by atoms with E-state index >= 15 is 0 Å². The molecule has 0 saturated carbocycles. The molecule has 4 heteroatoms. The van der Waals surface area contributed by atoms with Gasteiger partial charge in [-0.2, -0.15) is 0 Å². The van der Waals surface area contributed by atoms with Gasteiger partial charge in [0.2, 0.25) is 0 Å². The van der Waals surface area contributed by atoms with Gasteiger partial charge in [0.25, 0.3) is 11.1 Å². The molecule has 0 aliphatic heterocycles. The number of benzene rings is 3. The minimum Gasteiger partial charge on any atom is -0.322 e. The van der Waals surface area contributed by atoms with Gasteiger partial charge in [0.1, 0.15) is 0 Å². The summed E-state index contributed by atoms with van der Waals surface area (Å²) < 4.78 is 0. The van der Waals surface area contributed by atoms with Crippen LogP contribution in [0, 0.1) is 0 Å². The van der Waals surface area contributed by atoms with E-state index in [0.29, 0.717) is 16.8 Å². The van der Waals surface area contributed by atoms with E-state index < -0.39 is 5.24 Å². The zero-order valence-electron chi connectivity index (χ0n) is 14.1. The number of carbonyl (C=O) groups is 2. The summed E-state index contributed by atoms with van der Waals surface area (Å²) >= 11 is 5.44. The van der Waals surface area contributed by atoms with Gasteiger partial charge in [0.05, 0.1) is 0 Å². The molecule has 0 unspecified atom stereocenters. The number of aryl methyl sites for hydroxylation is 2. The Balaban J connectivity index is 1.72. The summed E-state index contributed by atoms with van der Waals surface area (Å²) in [6.07, 6.45) is 1.66. The van der Waals surface area contributed by atoms with Gasteiger partial charge in [-0.05, 0) is 65.9 Å². The van der Waals surface area contributed by atoms with Gasteiger partial charge in [-0.15, -0.1) is 0 Å². The summed E-state index contributed by atoms with van der Waals surface area (Å²) in [5, 5.41) is 2.35. The number of rotatable bonds is 6. The molecule has 0 fully saturated rings. The maximum atomic E-state index is 12.7. The Hall–Kier alpha value is -2.91. The molecule has 0 bridgehead atoms. The summed E-state index contributed by atoms with van der Waals surface area (Å²) in [5.74, 6) is -0.168. The van der Waals surface area contributed by atoms with Gasteiger partial charge in [0.15, 0.2) is 0 Å². The zero-order chi connectivity index (χ0) is 18.4. The Morgan fingerprint density at radius 1 is 0.769 bits per heavy atom. The fourth-order valence-electron chi connectivity index (χ4n) is 2.77. The van der Waals surface area contributed by atoms with Gasteiger partial charge in [-0.1, -0.05) is 48.5 Å². The van der Waals surface area contributed by atoms with Gasteiger partial charge in [0, 0.05) is 16.8 Å². The predicted molar refractivity (Wildman–Crippen MR) is 105 cm³/mol. The monoisotopic (exact) mass is 363 g/mol. The number of carbonyl (C=O) groups excluding carboxylic acids is 2. The second kappa shape index (κ2) is 8.45. The van der Waals surface area contributed by atoms with Crippen molar-refractivity contribution in [2.75, 3.05) is 5.32 Å². The minimum absolute atomic E-state index is 0.168. The highest BCUT2D eigenvalue weighted by molar-refractivity contribution is 6.67. The summed E-state index contributed by atoms with van der Waals surface area (Å²) in [7, 11) is 0. The molecule has 0 aliphatic rings. The number of hydrogen-bond donors (Lipinski definition) is 1. The molecule has 0 aliphatic carbocycles. The topological polar surface area (TPSA) is 46.2 Å². The van der Waals surface area contributed by atoms with Crippen LogP contribution in [0.4, 0.5) is 5.69 Å². The summed E-state index contributed by atoms with van der Waals surface area (Å²) in [6, 6.07) is 24.3. The molecule has 26 heavy (non-hydrogen) atoms. The molecule has 0 spiro atoms. The van der Waals surface area contributed by atoms with Gasteiger partial charge >= 0.3 is 0 Å². The first-order valence-electron chi connectivity index (χ1n) is 8.36. The molecule has 3 nitrogen and oxygen atoms in total. The normalized spacial score (nSPS) is 10.3. The van der Waals surface area contributed by atoms with E-state index in [2.05, 4.69) is 17.4 Å². The standard InChI is InChI=1S/C22H18ClNO2/c23-21(25)18-12-14-19(15-13-18)24-22(26)20-9-5-4-8-17(20)11-10-16-6-2-1-3-7-16/h1-9,12-15H,10-11H2,(H,24,26). The Labute approximate surface area is 157 Å². The molecular formula is C22H18ClNO2. The average Bonchev–Trinajstić information content (AvgIpc) is 2.68. The highest BCUT2D eigenvalue weighted by atomic mass is 35.5. The van der Waals surface area contributed by atoms with Gasteiger partial charge < -0.3 is 5.32 Å². The van der Waals surface area contributed by atoms with E-state index in [1.807, 2.05) is 42.5 Å². The fraction of sp³-hybridized carbons (Fsp3) is 0.0909. The molecule has 1 amide bonds. The SMILES string of the molecule is O=C(Cl)c1ccc(NC(=O)c2ccccc2CCc2ccccc2)cc1. The van der Waals surface area contributed by atoms with Crippen molar-refractivity contribution in [2.24, 2.45) is 0 Å². The van der Waals surface area contributed by atoms with E-state index in [9.17, 15) is 9.59 Å². The lowest BCUT2D eigenvalue weighted by molar-refractivity contribution is 0.102. The molecule has 0 heterocycles. The van der Waals surface area contributed by atoms with Crippen molar-refractivity contribution >= 4 is 28.4 Å². The van der Waals surface area contributed by atoms with Gasteiger partial charge in [-0.25, -0.2) is 0 Å². The molecule has 0 aromatic heterocycles. The van der Waals surface area contributed by atoms with Crippen LogP contribution in [0.1, 0.15) is 31.8 Å². The largest absolute Gasteiger partial charge is 0.322 e. The van der Waals surface area contributed by atoms with Crippen molar-refractivity contribution in [1.29, 1.82) is 0 Å². The van der Waals surface area contributed by atoms with Crippen LogP contribution in [0.2, 0.25) is 0 Å². The van der Waals surface area contributed by atoms with Crippen molar-refractivity contribution in [2.45, 2.75) is 12.8 Å². The Morgan fingerprint density at radius 3 is 2.12 bits per heavy atom. The lowest BCUT2D eigenvalue weighted by Gasteiger charge is -2.10.